The monoisotopic (exact) mass is 446 g/mol. The SMILES string of the molecule is O=C(CCNc1ccccc1[N+](=O)[O-])NC1CCN(CCOc2ccc(Cl)cc2)CC1. The van der Waals surface area contributed by atoms with Crippen molar-refractivity contribution < 1.29 is 14.5 Å². The van der Waals surface area contributed by atoms with Crippen molar-refractivity contribution in [2.24, 2.45) is 0 Å². The summed E-state index contributed by atoms with van der Waals surface area (Å²) < 4.78 is 5.74. The number of carbonyl (C=O) groups is 1. The summed E-state index contributed by atoms with van der Waals surface area (Å²) >= 11 is 5.87. The molecule has 0 bridgehead atoms. The maximum absolute atomic E-state index is 12.2. The van der Waals surface area contributed by atoms with E-state index < -0.39 is 4.92 Å². The van der Waals surface area contributed by atoms with E-state index >= 15 is 0 Å². The number of rotatable bonds is 10. The number of nitrogens with one attached hydrogen (secondary N) is 2. The zero-order chi connectivity index (χ0) is 22.1. The highest BCUT2D eigenvalue weighted by Crippen LogP contribution is 2.23. The Kier molecular flexibility index (Phi) is 8.49. The predicted molar refractivity (Wildman–Crippen MR) is 121 cm³/mol. The molecule has 0 radical (unpaired) electrons. The first-order chi connectivity index (χ1) is 15.0. The second-order valence-electron chi connectivity index (χ2n) is 7.44. The lowest BCUT2D eigenvalue weighted by molar-refractivity contribution is -0.384. The Morgan fingerprint density at radius 3 is 2.58 bits per heavy atom. The number of ether oxygens (including phenoxy) is 1. The topological polar surface area (TPSA) is 96.7 Å². The van der Waals surface area contributed by atoms with Crippen molar-refractivity contribution in [3.8, 4) is 5.75 Å². The lowest BCUT2D eigenvalue weighted by Gasteiger charge is -2.32. The molecule has 3 rings (SSSR count). The van der Waals surface area contributed by atoms with E-state index in [1.165, 1.54) is 6.07 Å². The zero-order valence-electron chi connectivity index (χ0n) is 17.3. The highest BCUT2D eigenvalue weighted by Gasteiger charge is 2.20. The summed E-state index contributed by atoms with van der Waals surface area (Å²) in [6, 6.07) is 13.9. The molecule has 0 spiro atoms. The normalized spacial score (nSPS) is 14.7. The maximum Gasteiger partial charge on any atom is 0.292 e. The van der Waals surface area contributed by atoms with Crippen LogP contribution in [0.5, 0.6) is 5.75 Å². The van der Waals surface area contributed by atoms with Gasteiger partial charge < -0.3 is 15.4 Å². The van der Waals surface area contributed by atoms with E-state index in [0.29, 0.717) is 23.9 Å². The van der Waals surface area contributed by atoms with Crippen LogP contribution in [0.4, 0.5) is 11.4 Å². The molecule has 1 amide bonds. The molecule has 1 fully saturated rings. The van der Waals surface area contributed by atoms with Crippen LogP contribution in [-0.4, -0.2) is 54.6 Å². The Morgan fingerprint density at radius 1 is 1.16 bits per heavy atom. The van der Waals surface area contributed by atoms with Gasteiger partial charge in [-0.05, 0) is 43.2 Å². The summed E-state index contributed by atoms with van der Waals surface area (Å²) in [5.74, 6) is 0.761. The molecule has 1 aliphatic rings. The van der Waals surface area contributed by atoms with Gasteiger partial charge in [0.1, 0.15) is 18.0 Å². The number of nitro groups is 1. The molecule has 8 nitrogen and oxygen atoms in total. The van der Waals surface area contributed by atoms with Gasteiger partial charge in [0.2, 0.25) is 5.91 Å². The highest BCUT2D eigenvalue weighted by atomic mass is 35.5. The standard InChI is InChI=1S/C22H27ClN4O4/c23-17-5-7-19(8-6-17)31-16-15-26-13-10-18(11-14-26)25-22(28)9-12-24-20-3-1-2-4-21(20)27(29)30/h1-8,18,24H,9-16H2,(H,25,28). The number of hydrogen-bond donors (Lipinski definition) is 2. The van der Waals surface area contributed by atoms with Crippen LogP contribution < -0.4 is 15.4 Å². The van der Waals surface area contributed by atoms with Crippen LogP contribution in [0.3, 0.4) is 0 Å². The molecule has 0 saturated carbocycles. The summed E-state index contributed by atoms with van der Waals surface area (Å²) in [6.07, 6.45) is 2.05. The van der Waals surface area contributed by atoms with Crippen LogP contribution in [0.1, 0.15) is 19.3 Å². The third-order valence-electron chi connectivity index (χ3n) is 5.21. The van der Waals surface area contributed by atoms with E-state index in [1.807, 2.05) is 24.3 Å². The minimum absolute atomic E-state index is 0.00956. The molecule has 2 aromatic rings. The molecule has 166 valence electrons. The fourth-order valence-electron chi connectivity index (χ4n) is 3.52. The number of nitrogens with zero attached hydrogens (tertiary/aromatic N) is 2. The number of likely N-dealkylation sites (tertiary alicyclic amines) is 1. The van der Waals surface area contributed by atoms with Crippen molar-refractivity contribution in [2.75, 3.05) is 38.1 Å². The number of hydrogen-bond acceptors (Lipinski definition) is 6. The van der Waals surface area contributed by atoms with E-state index in [0.717, 1.165) is 38.2 Å². The number of nitro benzene ring substituents is 1. The highest BCUT2D eigenvalue weighted by molar-refractivity contribution is 6.30. The van der Waals surface area contributed by atoms with Crippen LogP contribution in [0, 0.1) is 10.1 Å². The summed E-state index contributed by atoms with van der Waals surface area (Å²) in [5.41, 5.74) is 0.435. The van der Waals surface area contributed by atoms with E-state index in [2.05, 4.69) is 15.5 Å². The van der Waals surface area contributed by atoms with Crippen LogP contribution >= 0.6 is 11.6 Å². The van der Waals surface area contributed by atoms with Gasteiger partial charge in [-0.1, -0.05) is 23.7 Å². The van der Waals surface area contributed by atoms with Crippen molar-refractivity contribution in [3.05, 3.63) is 63.7 Å². The third-order valence-corrected chi connectivity index (χ3v) is 5.46. The summed E-state index contributed by atoms with van der Waals surface area (Å²) in [5, 5.41) is 17.8. The van der Waals surface area contributed by atoms with Gasteiger partial charge >= 0.3 is 0 Å². The molecule has 0 unspecified atom stereocenters. The van der Waals surface area contributed by atoms with Gasteiger partial charge in [-0.2, -0.15) is 0 Å². The van der Waals surface area contributed by atoms with Crippen LogP contribution in [-0.2, 0) is 4.79 Å². The average molecular weight is 447 g/mol. The minimum Gasteiger partial charge on any atom is -0.492 e. The van der Waals surface area contributed by atoms with Gasteiger partial charge in [0, 0.05) is 49.7 Å². The molecule has 1 saturated heterocycles. The van der Waals surface area contributed by atoms with Gasteiger partial charge in [-0.3, -0.25) is 19.8 Å². The Labute approximate surface area is 186 Å². The van der Waals surface area contributed by atoms with Crippen LogP contribution in [0.15, 0.2) is 48.5 Å². The smallest absolute Gasteiger partial charge is 0.292 e. The van der Waals surface area contributed by atoms with Crippen molar-refractivity contribution in [1.29, 1.82) is 0 Å². The second-order valence-corrected chi connectivity index (χ2v) is 7.87. The number of anilines is 1. The number of para-hydroxylation sites is 2. The first-order valence-electron chi connectivity index (χ1n) is 10.4. The number of benzene rings is 2. The number of carbonyl (C=O) groups excluding carboxylic acids is 1. The van der Waals surface area contributed by atoms with Crippen molar-refractivity contribution in [2.45, 2.75) is 25.3 Å². The molecule has 1 heterocycles. The van der Waals surface area contributed by atoms with Gasteiger partial charge in [-0.25, -0.2) is 0 Å². The fraction of sp³-hybridized carbons (Fsp3) is 0.409. The fourth-order valence-corrected chi connectivity index (χ4v) is 3.64. The van der Waals surface area contributed by atoms with E-state index in [4.69, 9.17) is 16.3 Å². The molecule has 31 heavy (non-hydrogen) atoms. The van der Waals surface area contributed by atoms with Crippen molar-refractivity contribution >= 4 is 28.9 Å². The minimum atomic E-state index is -0.434. The number of halogens is 1. The van der Waals surface area contributed by atoms with Crippen molar-refractivity contribution in [3.63, 3.8) is 0 Å². The van der Waals surface area contributed by atoms with Gasteiger partial charge in [0.05, 0.1) is 4.92 Å². The van der Waals surface area contributed by atoms with Crippen molar-refractivity contribution in [1.82, 2.24) is 10.2 Å². The lowest BCUT2D eigenvalue weighted by atomic mass is 10.0. The van der Waals surface area contributed by atoms with E-state index in [-0.39, 0.29) is 24.1 Å². The summed E-state index contributed by atoms with van der Waals surface area (Å²) in [7, 11) is 0. The molecule has 0 aromatic heterocycles. The maximum atomic E-state index is 12.2. The average Bonchev–Trinajstić information content (AvgIpc) is 2.76. The molecular formula is C22H27ClN4O4. The predicted octanol–water partition coefficient (Wildman–Crippen LogP) is 3.71. The molecule has 2 aromatic carbocycles. The van der Waals surface area contributed by atoms with E-state index in [1.54, 1.807) is 18.2 Å². The molecule has 0 aliphatic carbocycles. The number of piperidine rings is 1. The Morgan fingerprint density at radius 2 is 1.87 bits per heavy atom. The molecule has 9 heteroatoms. The van der Waals surface area contributed by atoms with E-state index in [9.17, 15) is 14.9 Å². The van der Waals surface area contributed by atoms with Gasteiger partial charge in [0.25, 0.3) is 5.69 Å². The first-order valence-corrected chi connectivity index (χ1v) is 10.8. The quantitative estimate of drug-likeness (QED) is 0.426. The lowest BCUT2D eigenvalue weighted by Crippen LogP contribution is -2.45. The molecular weight excluding hydrogens is 420 g/mol. The van der Waals surface area contributed by atoms with Gasteiger partial charge in [0.15, 0.2) is 0 Å². The molecule has 0 atom stereocenters. The first kappa shape index (κ1) is 22.8. The number of amides is 1. The largest absolute Gasteiger partial charge is 0.492 e. The van der Waals surface area contributed by atoms with Crippen LogP contribution in [0.25, 0.3) is 0 Å². The summed E-state index contributed by atoms with van der Waals surface area (Å²) in [4.78, 5) is 25.1. The second kappa shape index (κ2) is 11.5. The van der Waals surface area contributed by atoms with Gasteiger partial charge in [-0.15, -0.1) is 0 Å². The molecule has 2 N–H and O–H groups in total. The molecule has 1 aliphatic heterocycles. The zero-order valence-corrected chi connectivity index (χ0v) is 18.0. The summed E-state index contributed by atoms with van der Waals surface area (Å²) in [6.45, 7) is 3.60. The Bertz CT molecular complexity index is 870. The third kappa shape index (κ3) is 7.41. The Hall–Kier alpha value is -2.84. The van der Waals surface area contributed by atoms with Crippen LogP contribution in [0.2, 0.25) is 5.02 Å². The Balaban J connectivity index is 1.30.